The summed E-state index contributed by atoms with van der Waals surface area (Å²) in [7, 11) is 0. The van der Waals surface area contributed by atoms with Gasteiger partial charge in [-0.15, -0.1) is 0 Å². The second-order valence-corrected chi connectivity index (χ2v) is 17.3. The molecule has 8 N–H and O–H groups in total. The van der Waals surface area contributed by atoms with E-state index in [4.69, 9.17) is 11.5 Å². The van der Waals surface area contributed by atoms with Gasteiger partial charge in [-0.05, 0) is 102 Å². The second kappa shape index (κ2) is 23.8. The van der Waals surface area contributed by atoms with Crippen molar-refractivity contribution in [3.63, 3.8) is 0 Å². The molecule has 2 amide bonds. The van der Waals surface area contributed by atoms with Gasteiger partial charge in [0, 0.05) is 48.7 Å². The van der Waals surface area contributed by atoms with Crippen molar-refractivity contribution >= 4 is 35.1 Å². The summed E-state index contributed by atoms with van der Waals surface area (Å²) in [6.07, 6.45) is 4.32. The number of nitrogens with one attached hydrogen (secondary N) is 4. The lowest BCUT2D eigenvalue weighted by molar-refractivity contribution is -0.122. The molecule has 0 aliphatic carbocycles. The molecule has 0 aliphatic heterocycles. The first kappa shape index (κ1) is 50.5. The molecule has 8 rings (SSSR count). The van der Waals surface area contributed by atoms with Crippen molar-refractivity contribution in [1.29, 1.82) is 5.26 Å². The van der Waals surface area contributed by atoms with Crippen molar-refractivity contribution in [1.82, 2.24) is 39.7 Å². The van der Waals surface area contributed by atoms with E-state index in [1.165, 1.54) is 15.3 Å². The minimum Gasteiger partial charge on any atom is -0.384 e. The first-order valence-corrected chi connectivity index (χ1v) is 23.8. The number of hydrogen-bond acceptors (Lipinski definition) is 13. The lowest BCUT2D eigenvalue weighted by atomic mass is 10.0. The highest BCUT2D eigenvalue weighted by atomic mass is 16.2. The van der Waals surface area contributed by atoms with Gasteiger partial charge in [0.1, 0.15) is 30.4 Å². The van der Waals surface area contributed by atoms with Crippen LogP contribution in [0.1, 0.15) is 50.5 Å². The number of pyridine rings is 2. The number of nitrogen functional groups attached to an aromatic ring is 2. The molecule has 17 heteroatoms. The molecule has 0 atom stereocenters. The normalized spacial score (nSPS) is 10.7. The lowest BCUT2D eigenvalue weighted by Crippen LogP contribution is -2.35. The number of benzene rings is 4. The van der Waals surface area contributed by atoms with Gasteiger partial charge in [0.05, 0.1) is 29.7 Å². The van der Waals surface area contributed by atoms with Crippen LogP contribution in [0.15, 0.2) is 149 Å². The molecule has 8 aromatic rings. The van der Waals surface area contributed by atoms with Crippen LogP contribution in [-0.2, 0) is 48.6 Å². The van der Waals surface area contributed by atoms with Gasteiger partial charge in [-0.2, -0.15) is 5.26 Å². The summed E-state index contributed by atoms with van der Waals surface area (Å²) in [4.78, 5) is 72.8. The van der Waals surface area contributed by atoms with Gasteiger partial charge in [-0.25, -0.2) is 19.9 Å². The molecule has 4 aromatic heterocycles. The molecule has 0 fully saturated rings. The van der Waals surface area contributed by atoms with E-state index in [9.17, 15) is 24.4 Å². The number of anilines is 4. The average molecular weight is 984 g/mol. The monoisotopic (exact) mass is 983 g/mol. The molecule has 0 bridgehead atoms. The number of nitrogens with two attached hydrogens (primary N) is 2. The molecule has 4 heterocycles. The first-order valence-electron chi connectivity index (χ1n) is 23.8. The van der Waals surface area contributed by atoms with Crippen molar-refractivity contribution in [3.8, 4) is 40.3 Å². The largest absolute Gasteiger partial charge is 0.384 e. The van der Waals surface area contributed by atoms with Crippen LogP contribution in [0.4, 0.5) is 23.3 Å². The summed E-state index contributed by atoms with van der Waals surface area (Å²) in [5.41, 5.74) is 19.8. The van der Waals surface area contributed by atoms with Crippen molar-refractivity contribution in [2.24, 2.45) is 0 Å². The number of nitriles is 1. The Morgan fingerprint density at radius 1 is 0.608 bits per heavy atom. The fraction of sp³-hybridized carbons (Fsp3) is 0.175. The van der Waals surface area contributed by atoms with E-state index in [2.05, 4.69) is 59.1 Å². The zero-order chi connectivity index (χ0) is 52.0. The molecule has 370 valence electrons. The van der Waals surface area contributed by atoms with E-state index in [0.29, 0.717) is 82.2 Å². The Kier molecular flexibility index (Phi) is 16.3. The van der Waals surface area contributed by atoms with E-state index in [1.807, 2.05) is 84.9 Å². The molecule has 0 spiro atoms. The predicted molar refractivity (Wildman–Crippen MR) is 286 cm³/mol. The number of carbonyl (C=O) groups excluding carboxylic acids is 2. The number of nitrogens with zero attached hydrogens (tertiary/aromatic N) is 7. The fourth-order valence-electron chi connectivity index (χ4n) is 8.08. The summed E-state index contributed by atoms with van der Waals surface area (Å²) in [5, 5.41) is 21.5. The first-order chi connectivity index (χ1) is 35.9. The smallest absolute Gasteiger partial charge is 0.294 e. The number of aromatic nitrogens is 6. The molecular formula is C57H53N13O4. The van der Waals surface area contributed by atoms with Crippen molar-refractivity contribution in [2.75, 3.05) is 35.2 Å². The zero-order valence-corrected chi connectivity index (χ0v) is 40.9. The summed E-state index contributed by atoms with van der Waals surface area (Å²) >= 11 is 0. The minimum absolute atomic E-state index is 0.0738. The highest BCUT2D eigenvalue weighted by molar-refractivity contribution is 5.79. The van der Waals surface area contributed by atoms with Crippen LogP contribution in [0, 0.1) is 37.0 Å². The molecule has 0 saturated carbocycles. The molecule has 4 aromatic carbocycles. The van der Waals surface area contributed by atoms with Crippen LogP contribution < -0.4 is 43.9 Å². The maximum atomic E-state index is 14.0. The Morgan fingerprint density at radius 2 is 1.20 bits per heavy atom. The Morgan fingerprint density at radius 3 is 1.84 bits per heavy atom. The fourth-order valence-corrected chi connectivity index (χ4v) is 8.08. The Hall–Kier alpha value is -9.87. The van der Waals surface area contributed by atoms with Crippen LogP contribution in [0.25, 0.3) is 22.4 Å². The van der Waals surface area contributed by atoms with E-state index >= 15 is 0 Å². The highest BCUT2D eigenvalue weighted by Crippen LogP contribution is 2.28. The van der Waals surface area contributed by atoms with Crippen LogP contribution in [0.5, 0.6) is 0 Å². The van der Waals surface area contributed by atoms with E-state index in [1.54, 1.807) is 62.5 Å². The predicted octanol–water partition coefficient (Wildman–Crippen LogP) is 5.92. The van der Waals surface area contributed by atoms with Gasteiger partial charge in [0.25, 0.3) is 11.1 Å². The summed E-state index contributed by atoms with van der Waals surface area (Å²) in [5.74, 6) is 6.17. The lowest BCUT2D eigenvalue weighted by Gasteiger charge is -2.16. The number of amides is 2. The Labute approximate surface area is 427 Å². The van der Waals surface area contributed by atoms with Crippen molar-refractivity contribution in [3.05, 3.63) is 211 Å². The van der Waals surface area contributed by atoms with Crippen LogP contribution in [0.2, 0.25) is 0 Å². The number of aryl methyl sites for hydroxylation is 2. The third kappa shape index (κ3) is 12.9. The SMILES string of the molecule is Cc1nc(N)ccc1CNC(=O)Cn1c(C#Cc2cccc(-c3cc(CNC(=O)Cn4c(-c5ccc(C#N)cc5)cnc(NCCc5ccccc5)c4=O)c(C)nc3N)c2)cnc(NCCc2ccccc2)c1=O. The molecule has 0 saturated heterocycles. The number of hydrogen-bond donors (Lipinski definition) is 6. The van der Waals surface area contributed by atoms with Gasteiger partial charge < -0.3 is 32.7 Å². The van der Waals surface area contributed by atoms with Crippen LogP contribution in [-0.4, -0.2) is 54.0 Å². The number of rotatable bonds is 18. The van der Waals surface area contributed by atoms with Gasteiger partial charge in [0.15, 0.2) is 11.6 Å². The Bertz CT molecular complexity index is 3560. The zero-order valence-electron chi connectivity index (χ0n) is 40.9. The van der Waals surface area contributed by atoms with Crippen LogP contribution in [0.3, 0.4) is 0 Å². The summed E-state index contributed by atoms with van der Waals surface area (Å²) in [6, 6.07) is 41.1. The third-order valence-electron chi connectivity index (χ3n) is 12.1. The highest BCUT2D eigenvalue weighted by Gasteiger charge is 2.18. The van der Waals surface area contributed by atoms with Gasteiger partial charge in [-0.1, -0.05) is 96.9 Å². The van der Waals surface area contributed by atoms with Crippen LogP contribution >= 0.6 is 0 Å². The van der Waals surface area contributed by atoms with Gasteiger partial charge >= 0.3 is 0 Å². The van der Waals surface area contributed by atoms with E-state index in [-0.39, 0.29) is 49.3 Å². The van der Waals surface area contributed by atoms with Gasteiger partial charge in [0.2, 0.25) is 11.8 Å². The molecule has 0 unspecified atom stereocenters. The van der Waals surface area contributed by atoms with E-state index < -0.39 is 22.9 Å². The maximum Gasteiger partial charge on any atom is 0.294 e. The quantitative estimate of drug-likeness (QED) is 0.0547. The van der Waals surface area contributed by atoms with Crippen molar-refractivity contribution in [2.45, 2.75) is 52.9 Å². The molecule has 17 nitrogen and oxygen atoms in total. The minimum atomic E-state index is -0.506. The third-order valence-corrected chi connectivity index (χ3v) is 12.1. The molecule has 0 aliphatic rings. The molecule has 74 heavy (non-hydrogen) atoms. The van der Waals surface area contributed by atoms with Gasteiger partial charge in [-0.3, -0.25) is 28.3 Å². The summed E-state index contributed by atoms with van der Waals surface area (Å²) in [6.45, 7) is 4.10. The molecule has 0 radical (unpaired) electrons. The maximum absolute atomic E-state index is 14.0. The van der Waals surface area contributed by atoms with E-state index in [0.717, 1.165) is 16.7 Å². The second-order valence-electron chi connectivity index (χ2n) is 17.3. The Balaban J connectivity index is 0.998. The standard InChI is InChI=1S/C57H53N13O4/c1-37-45(21-23-50(59)67-37)31-63-51(71)35-69-47(33-65-54(56(69)73)61-26-24-39-10-5-3-6-11-39)22-18-41-14-9-15-44(28-41)48-29-46(38(2)68-53(48)60)32-64-52(72)36-70-49(43-19-16-42(30-58)17-20-43)34-66-55(57(70)74)62-27-25-40-12-7-4-8-13-40/h3-17,19-21,23,28-29,33-34H,24-27,31-32,35-36H2,1-2H3,(H2,59,67)(H2,60,68)(H,61,65)(H,62,66)(H,63,71)(H,64,72). The topological polar surface area (TPSA) is 254 Å². The summed E-state index contributed by atoms with van der Waals surface area (Å²) < 4.78 is 2.66. The number of carbonyl (C=O) groups is 2. The average Bonchev–Trinajstić information content (AvgIpc) is 3.40. The van der Waals surface area contributed by atoms with Crippen molar-refractivity contribution < 1.29 is 9.59 Å². The molecular weight excluding hydrogens is 931 g/mol.